The Morgan fingerprint density at radius 3 is 2.80 bits per heavy atom. The van der Waals surface area contributed by atoms with E-state index >= 15 is 0 Å². The average Bonchev–Trinajstić information content (AvgIpc) is 2.78. The minimum absolute atomic E-state index is 0.574. The van der Waals surface area contributed by atoms with Crippen molar-refractivity contribution < 1.29 is 4.74 Å². The van der Waals surface area contributed by atoms with Crippen LogP contribution in [0.1, 0.15) is 26.0 Å². The van der Waals surface area contributed by atoms with Crippen LogP contribution in [0.5, 0.6) is 5.75 Å². The Morgan fingerprint density at radius 1 is 1.45 bits per heavy atom. The second kappa shape index (κ2) is 8.97. The molecule has 1 aromatic heterocycles. The predicted molar refractivity (Wildman–Crippen MR) is 83.4 cm³/mol. The van der Waals surface area contributed by atoms with Crippen molar-refractivity contribution in [2.24, 2.45) is 5.92 Å². The van der Waals surface area contributed by atoms with E-state index in [1.54, 1.807) is 7.11 Å². The van der Waals surface area contributed by atoms with Gasteiger partial charge in [-0.1, -0.05) is 13.8 Å². The highest BCUT2D eigenvalue weighted by molar-refractivity contribution is 5.25. The monoisotopic (exact) mass is 282 g/mol. The van der Waals surface area contributed by atoms with Crippen LogP contribution in [0.4, 0.5) is 0 Å². The second-order valence-electron chi connectivity index (χ2n) is 5.70. The van der Waals surface area contributed by atoms with E-state index in [0.29, 0.717) is 5.92 Å². The van der Waals surface area contributed by atoms with Gasteiger partial charge in [-0.3, -0.25) is 4.68 Å². The van der Waals surface area contributed by atoms with E-state index in [9.17, 15) is 0 Å². The lowest BCUT2D eigenvalue weighted by Gasteiger charge is -2.16. The predicted octanol–water partition coefficient (Wildman–Crippen LogP) is 1.63. The SMILES string of the molecule is CCCNCC(C)Cc1c(OC)cnn1CCN(C)C. The zero-order valence-corrected chi connectivity index (χ0v) is 13.6. The number of rotatable bonds is 10. The highest BCUT2D eigenvalue weighted by Gasteiger charge is 2.14. The number of nitrogens with zero attached hydrogens (tertiary/aromatic N) is 3. The quantitative estimate of drug-likeness (QED) is 0.662. The Morgan fingerprint density at radius 2 is 2.20 bits per heavy atom. The molecule has 1 heterocycles. The zero-order valence-electron chi connectivity index (χ0n) is 13.6. The number of ether oxygens (including phenoxy) is 1. The van der Waals surface area contributed by atoms with Gasteiger partial charge in [-0.25, -0.2) is 0 Å². The second-order valence-corrected chi connectivity index (χ2v) is 5.70. The van der Waals surface area contributed by atoms with Crippen molar-refractivity contribution in [3.63, 3.8) is 0 Å². The van der Waals surface area contributed by atoms with Crippen molar-refractivity contribution in [3.8, 4) is 5.75 Å². The fourth-order valence-electron chi connectivity index (χ4n) is 2.18. The summed E-state index contributed by atoms with van der Waals surface area (Å²) in [4.78, 5) is 2.17. The van der Waals surface area contributed by atoms with Gasteiger partial charge in [0.1, 0.15) is 0 Å². The van der Waals surface area contributed by atoms with Crippen LogP contribution in [-0.4, -0.2) is 55.5 Å². The molecule has 1 unspecified atom stereocenters. The molecule has 0 aliphatic carbocycles. The topological polar surface area (TPSA) is 42.3 Å². The minimum atomic E-state index is 0.574. The lowest BCUT2D eigenvalue weighted by atomic mass is 10.1. The number of hydrogen-bond acceptors (Lipinski definition) is 4. The van der Waals surface area contributed by atoms with Gasteiger partial charge in [0.05, 0.1) is 25.5 Å². The first kappa shape index (κ1) is 17.0. The van der Waals surface area contributed by atoms with E-state index in [4.69, 9.17) is 4.74 Å². The summed E-state index contributed by atoms with van der Waals surface area (Å²) in [6, 6.07) is 0. The van der Waals surface area contributed by atoms with Gasteiger partial charge in [0.25, 0.3) is 0 Å². The first-order chi connectivity index (χ1) is 9.58. The largest absolute Gasteiger partial charge is 0.493 e. The van der Waals surface area contributed by atoms with Gasteiger partial charge < -0.3 is 15.0 Å². The summed E-state index contributed by atoms with van der Waals surface area (Å²) in [5, 5.41) is 7.93. The van der Waals surface area contributed by atoms with E-state index in [1.165, 1.54) is 12.1 Å². The molecule has 0 fully saturated rings. The molecule has 1 rings (SSSR count). The van der Waals surface area contributed by atoms with Crippen molar-refractivity contribution in [3.05, 3.63) is 11.9 Å². The van der Waals surface area contributed by atoms with E-state index in [-0.39, 0.29) is 0 Å². The molecule has 0 saturated carbocycles. The Labute approximate surface area is 123 Å². The number of nitrogens with one attached hydrogen (secondary N) is 1. The molecule has 0 aliphatic heterocycles. The third-order valence-corrected chi connectivity index (χ3v) is 3.35. The summed E-state index contributed by atoms with van der Waals surface area (Å²) < 4.78 is 7.52. The normalized spacial score (nSPS) is 12.9. The fourth-order valence-corrected chi connectivity index (χ4v) is 2.18. The van der Waals surface area contributed by atoms with Crippen molar-refractivity contribution in [1.29, 1.82) is 0 Å². The van der Waals surface area contributed by atoms with Gasteiger partial charge in [-0.15, -0.1) is 0 Å². The zero-order chi connectivity index (χ0) is 15.0. The van der Waals surface area contributed by atoms with Gasteiger partial charge in [-0.05, 0) is 45.9 Å². The molecule has 1 N–H and O–H groups in total. The first-order valence-electron chi connectivity index (χ1n) is 7.52. The van der Waals surface area contributed by atoms with Gasteiger partial charge >= 0.3 is 0 Å². The molecule has 0 amide bonds. The molecule has 0 radical (unpaired) electrons. The summed E-state index contributed by atoms with van der Waals surface area (Å²) in [6.45, 7) is 8.47. The van der Waals surface area contributed by atoms with Crippen LogP contribution in [0.3, 0.4) is 0 Å². The lowest BCUT2D eigenvalue weighted by Crippen LogP contribution is -2.25. The van der Waals surface area contributed by atoms with E-state index in [2.05, 4.69) is 47.9 Å². The molecular formula is C15H30N4O. The number of methoxy groups -OCH3 is 1. The van der Waals surface area contributed by atoms with Crippen LogP contribution in [0.2, 0.25) is 0 Å². The van der Waals surface area contributed by atoms with E-state index in [0.717, 1.165) is 38.3 Å². The fraction of sp³-hybridized carbons (Fsp3) is 0.800. The van der Waals surface area contributed by atoms with Gasteiger partial charge in [0.2, 0.25) is 0 Å². The van der Waals surface area contributed by atoms with Crippen LogP contribution >= 0.6 is 0 Å². The molecule has 5 heteroatoms. The molecule has 1 aromatic rings. The molecule has 0 spiro atoms. The Bertz CT molecular complexity index is 376. The summed E-state index contributed by atoms with van der Waals surface area (Å²) in [5.74, 6) is 1.48. The summed E-state index contributed by atoms with van der Waals surface area (Å²) >= 11 is 0. The van der Waals surface area contributed by atoms with Crippen molar-refractivity contribution >= 4 is 0 Å². The number of hydrogen-bond donors (Lipinski definition) is 1. The Balaban J connectivity index is 2.62. The standard InChI is InChI=1S/C15H30N4O/c1-6-7-16-11-13(2)10-14-15(20-5)12-17-19(14)9-8-18(3)4/h12-13,16H,6-11H2,1-5H3. The van der Waals surface area contributed by atoms with Crippen LogP contribution < -0.4 is 10.1 Å². The maximum absolute atomic E-state index is 5.44. The van der Waals surface area contributed by atoms with Crippen LogP contribution in [0.25, 0.3) is 0 Å². The van der Waals surface area contributed by atoms with Crippen LogP contribution in [0.15, 0.2) is 6.20 Å². The highest BCUT2D eigenvalue weighted by atomic mass is 16.5. The summed E-state index contributed by atoms with van der Waals surface area (Å²) in [6.07, 6.45) is 4.00. The number of likely N-dealkylation sites (N-methyl/N-ethyl adjacent to an activating group) is 1. The summed E-state index contributed by atoms with van der Waals surface area (Å²) in [5.41, 5.74) is 1.21. The first-order valence-corrected chi connectivity index (χ1v) is 7.52. The highest BCUT2D eigenvalue weighted by Crippen LogP contribution is 2.21. The molecule has 0 aromatic carbocycles. The third-order valence-electron chi connectivity index (χ3n) is 3.35. The Hall–Kier alpha value is -1.07. The summed E-state index contributed by atoms with van der Waals surface area (Å²) in [7, 11) is 5.88. The van der Waals surface area contributed by atoms with Gasteiger partial charge in [-0.2, -0.15) is 5.10 Å². The van der Waals surface area contributed by atoms with Crippen molar-refractivity contribution in [2.45, 2.75) is 33.2 Å². The van der Waals surface area contributed by atoms with Crippen molar-refractivity contribution in [1.82, 2.24) is 20.0 Å². The smallest absolute Gasteiger partial charge is 0.159 e. The third kappa shape index (κ3) is 5.51. The molecule has 20 heavy (non-hydrogen) atoms. The molecule has 0 aliphatic rings. The number of aromatic nitrogens is 2. The minimum Gasteiger partial charge on any atom is -0.493 e. The average molecular weight is 282 g/mol. The molecule has 5 nitrogen and oxygen atoms in total. The molecular weight excluding hydrogens is 252 g/mol. The van der Waals surface area contributed by atoms with Crippen LogP contribution in [0, 0.1) is 5.92 Å². The lowest BCUT2D eigenvalue weighted by molar-refractivity contribution is 0.360. The molecule has 1 atom stereocenters. The molecule has 0 bridgehead atoms. The molecule has 0 saturated heterocycles. The van der Waals surface area contributed by atoms with Gasteiger partial charge in [0, 0.05) is 6.54 Å². The van der Waals surface area contributed by atoms with E-state index < -0.39 is 0 Å². The maximum Gasteiger partial charge on any atom is 0.159 e. The molecule has 116 valence electrons. The van der Waals surface area contributed by atoms with Crippen molar-refractivity contribution in [2.75, 3.05) is 40.8 Å². The van der Waals surface area contributed by atoms with E-state index in [1.807, 2.05) is 6.20 Å². The van der Waals surface area contributed by atoms with Crippen LogP contribution in [-0.2, 0) is 13.0 Å². The Kier molecular flexibility index (Phi) is 7.62. The maximum atomic E-state index is 5.44. The van der Waals surface area contributed by atoms with Gasteiger partial charge in [0.15, 0.2) is 5.75 Å².